The largest absolute Gasteiger partial charge is 0.472 e. The molecule has 5 unspecified atom stereocenters. The fourth-order valence-electron chi connectivity index (χ4n) is 11.5. The number of rotatable bonds is 83. The molecule has 16 nitrogen and oxygen atoms in total. The van der Waals surface area contributed by atoms with E-state index in [1.165, 1.54) is 25.7 Å². The summed E-state index contributed by atoms with van der Waals surface area (Å²) in [5.74, 6) is -1.61. The van der Waals surface area contributed by atoms with Gasteiger partial charge < -0.3 is 34.2 Å². The van der Waals surface area contributed by atoms with Crippen LogP contribution in [0.5, 0.6) is 0 Å². The molecule has 5 atom stereocenters. The van der Waals surface area contributed by atoms with Crippen LogP contribution in [0.4, 0.5) is 0 Å². The lowest BCUT2D eigenvalue weighted by Gasteiger charge is -2.21. The van der Waals surface area contributed by atoms with E-state index in [0.717, 1.165) is 244 Å². The number of hydrogen-bond donors (Lipinski definition) is 4. The van der Waals surface area contributed by atoms with Gasteiger partial charge in [0.2, 0.25) is 0 Å². The average molecular weight is 1670 g/mol. The van der Waals surface area contributed by atoms with Gasteiger partial charge in [-0.2, -0.15) is 0 Å². The molecule has 4 N–H and O–H groups in total. The third kappa shape index (κ3) is 90.5. The Labute approximate surface area is 711 Å². The summed E-state index contributed by atoms with van der Waals surface area (Å²) >= 11 is 0. The van der Waals surface area contributed by atoms with Crippen LogP contribution in [0.3, 0.4) is 0 Å². The summed E-state index contributed by atoms with van der Waals surface area (Å²) in [7, 11) is -9.83. The molecule has 0 aromatic rings. The van der Waals surface area contributed by atoms with E-state index >= 15 is 0 Å². The zero-order valence-electron chi connectivity index (χ0n) is 72.8. The van der Waals surface area contributed by atoms with Crippen LogP contribution in [0, 0.1) is 0 Å². The van der Waals surface area contributed by atoms with Crippen molar-refractivity contribution in [2.75, 3.05) is 39.6 Å². The summed E-state index contributed by atoms with van der Waals surface area (Å²) in [6.07, 6.45) is 121. The van der Waals surface area contributed by atoms with Crippen molar-refractivity contribution < 1.29 is 75.8 Å². The molecule has 0 radical (unpaired) electrons. The molecule has 0 amide bonds. The highest BCUT2D eigenvalue weighted by Crippen LogP contribution is 2.45. The van der Waals surface area contributed by atoms with Crippen LogP contribution < -0.4 is 0 Å². The van der Waals surface area contributed by atoms with Gasteiger partial charge in [0.1, 0.15) is 25.4 Å². The third-order valence-electron chi connectivity index (χ3n) is 18.2. The number of esters is 3. The van der Waals surface area contributed by atoms with Crippen LogP contribution in [-0.4, -0.2) is 95.9 Å². The van der Waals surface area contributed by atoms with Gasteiger partial charge in [0, 0.05) is 19.3 Å². The minimum absolute atomic E-state index is 0.0829. The Morgan fingerprint density at radius 3 is 0.675 bits per heavy atom. The molecular formula is C99H160O16P2. The SMILES string of the molecule is CC/C=C\C/C=C\C/C=C\C/C=C\C/C=C\C/C=C\CCCCCCCCCCC(=O)OCC(O)COP(=O)(O)OCC(O)COP(=O)(O)OCC(COC(=O)CCCCCCCCCC/C=C\C/C=C\C/C=C\C/C=C\C/C=C\C/C=C\CC)OC(=O)CCCCCCCCCC/C=C\C/C=C\C/C=C\C/C=C\C/C=C\C/C=C\CC. The summed E-state index contributed by atoms with van der Waals surface area (Å²) in [5, 5.41) is 20.7. The molecule has 662 valence electrons. The summed E-state index contributed by atoms with van der Waals surface area (Å²) in [6.45, 7) is 2.31. The van der Waals surface area contributed by atoms with E-state index in [-0.39, 0.29) is 19.3 Å². The Bertz CT molecular complexity index is 3010. The second kappa shape index (κ2) is 89.1. The molecule has 0 aliphatic heterocycles. The van der Waals surface area contributed by atoms with Crippen LogP contribution in [0.1, 0.15) is 329 Å². The number of unbranched alkanes of at least 4 members (excludes halogenated alkanes) is 24. The van der Waals surface area contributed by atoms with Crippen molar-refractivity contribution in [1.29, 1.82) is 0 Å². The summed E-state index contributed by atoms with van der Waals surface area (Å²) in [5.41, 5.74) is 0. The smallest absolute Gasteiger partial charge is 0.463 e. The van der Waals surface area contributed by atoms with Crippen molar-refractivity contribution in [2.24, 2.45) is 0 Å². The number of carbonyl (C=O) groups is 3. The number of ether oxygens (including phenoxy) is 3. The van der Waals surface area contributed by atoms with Crippen LogP contribution in [0.15, 0.2) is 219 Å². The second-order valence-corrected chi connectivity index (χ2v) is 32.2. The van der Waals surface area contributed by atoms with Gasteiger partial charge in [-0.1, -0.05) is 355 Å². The summed E-state index contributed by atoms with van der Waals surface area (Å²) in [6, 6.07) is 0. The maximum absolute atomic E-state index is 13.1. The lowest BCUT2D eigenvalue weighted by molar-refractivity contribution is -0.161. The topological polar surface area (TPSA) is 231 Å². The Morgan fingerprint density at radius 2 is 0.427 bits per heavy atom. The maximum Gasteiger partial charge on any atom is 0.472 e. The number of phosphoric ester groups is 2. The number of aliphatic hydroxyl groups excluding tert-OH is 2. The Morgan fingerprint density at radius 1 is 0.239 bits per heavy atom. The predicted molar refractivity (Wildman–Crippen MR) is 490 cm³/mol. The Balaban J connectivity index is 4.75. The molecule has 0 bridgehead atoms. The number of allylic oxidation sites excluding steroid dienone is 36. The predicted octanol–water partition coefficient (Wildman–Crippen LogP) is 27.8. The van der Waals surface area contributed by atoms with E-state index in [4.69, 9.17) is 32.3 Å². The monoisotopic (exact) mass is 1670 g/mol. The molecule has 0 saturated carbocycles. The molecular weight excluding hydrogens is 1510 g/mol. The highest BCUT2D eigenvalue weighted by molar-refractivity contribution is 7.47. The van der Waals surface area contributed by atoms with E-state index in [9.17, 15) is 43.5 Å². The van der Waals surface area contributed by atoms with Crippen molar-refractivity contribution >= 4 is 33.6 Å². The van der Waals surface area contributed by atoms with Gasteiger partial charge in [-0.05, 0) is 173 Å². The first-order chi connectivity index (χ1) is 57.2. The number of aliphatic hydroxyl groups is 2. The molecule has 0 rings (SSSR count). The van der Waals surface area contributed by atoms with Gasteiger partial charge in [0.15, 0.2) is 6.10 Å². The van der Waals surface area contributed by atoms with Crippen molar-refractivity contribution in [3.8, 4) is 0 Å². The van der Waals surface area contributed by atoms with E-state index in [2.05, 4.69) is 240 Å². The van der Waals surface area contributed by atoms with Crippen LogP contribution in [0.25, 0.3) is 0 Å². The molecule has 18 heteroatoms. The summed E-state index contributed by atoms with van der Waals surface area (Å²) < 4.78 is 61.5. The molecule has 0 aromatic heterocycles. The Kier molecular flexibility index (Phi) is 84.5. The van der Waals surface area contributed by atoms with Gasteiger partial charge >= 0.3 is 33.6 Å². The molecule has 0 heterocycles. The quantitative estimate of drug-likeness (QED) is 0.0146. The zero-order valence-corrected chi connectivity index (χ0v) is 74.6. The number of phosphoric acid groups is 2. The second-order valence-electron chi connectivity index (χ2n) is 29.3. The first kappa shape index (κ1) is 111. The van der Waals surface area contributed by atoms with Crippen molar-refractivity contribution in [2.45, 2.75) is 347 Å². The highest BCUT2D eigenvalue weighted by atomic mass is 31.2. The molecule has 0 aromatic carbocycles. The molecule has 0 aliphatic carbocycles. The summed E-state index contributed by atoms with van der Waals surface area (Å²) in [4.78, 5) is 59.0. The van der Waals surface area contributed by atoms with E-state index < -0.39 is 91.5 Å². The minimum Gasteiger partial charge on any atom is -0.463 e. The number of carbonyl (C=O) groups excluding carboxylic acids is 3. The van der Waals surface area contributed by atoms with Gasteiger partial charge in [-0.15, -0.1) is 0 Å². The highest BCUT2D eigenvalue weighted by Gasteiger charge is 2.29. The molecule has 0 fully saturated rings. The lowest BCUT2D eigenvalue weighted by Crippen LogP contribution is -2.30. The first-order valence-electron chi connectivity index (χ1n) is 45.0. The lowest BCUT2D eigenvalue weighted by atomic mass is 10.1. The van der Waals surface area contributed by atoms with Gasteiger partial charge in [0.05, 0.1) is 26.4 Å². The van der Waals surface area contributed by atoms with Crippen LogP contribution >= 0.6 is 15.6 Å². The zero-order chi connectivity index (χ0) is 85.1. The maximum atomic E-state index is 13.1. The third-order valence-corrected chi connectivity index (χ3v) is 20.1. The minimum atomic E-state index is -4.96. The molecule has 0 saturated heterocycles. The van der Waals surface area contributed by atoms with Crippen molar-refractivity contribution in [1.82, 2.24) is 0 Å². The van der Waals surface area contributed by atoms with Gasteiger partial charge in [0.25, 0.3) is 0 Å². The standard InChI is InChI=1S/C99H160O16P2/c1-4-7-10-13-16-19-22-25-28-31-34-37-40-43-46-49-52-55-58-61-64-67-70-73-76-79-82-85-97(102)109-88-94(100)89-111-116(105,106)112-90-95(101)91-113-117(107,108)114-93-96(115-99(104)87-84-81-78-75-72-69-66-63-60-57-54-51-48-45-42-39-36-33-30-27-24-21-18-15-12-9-6-3)92-110-98(103)86-83-80-77-74-71-68-65-62-59-56-53-50-47-44-41-38-35-32-29-26-23-20-17-14-11-8-5-2/h7-12,16-21,25-30,34-39,43-48,52-57,94-96,100-101H,4-6,13-15,22-24,31-33,40-42,49-51,58-93H2,1-3H3,(H,105,106)(H,107,108)/b10-7-,11-8-,12-9-,19-16-,20-17-,21-18-,28-25-,29-26-,30-27-,37-34-,38-35-,39-36-,46-43-,47-44-,48-45-,55-52-,56-53-,57-54-. The molecule has 117 heavy (non-hydrogen) atoms. The van der Waals surface area contributed by atoms with Gasteiger partial charge in [-0.3, -0.25) is 32.5 Å². The number of hydrogen-bond acceptors (Lipinski definition) is 14. The molecule has 0 aliphatic rings. The molecule has 0 spiro atoms. The Hall–Kier alpha value is -6.13. The average Bonchev–Trinajstić information content (AvgIpc) is 0.900. The fraction of sp³-hybridized carbons (Fsp3) is 0.606. The van der Waals surface area contributed by atoms with E-state index in [1.807, 2.05) is 0 Å². The van der Waals surface area contributed by atoms with Crippen molar-refractivity contribution in [3.63, 3.8) is 0 Å². The van der Waals surface area contributed by atoms with Crippen LogP contribution in [0.2, 0.25) is 0 Å². The normalized spacial score (nSPS) is 14.8. The first-order valence-corrected chi connectivity index (χ1v) is 48.0. The van der Waals surface area contributed by atoms with E-state index in [0.29, 0.717) is 19.3 Å². The fourth-order valence-corrected chi connectivity index (χ4v) is 13.0. The van der Waals surface area contributed by atoms with E-state index in [1.54, 1.807) is 0 Å². The van der Waals surface area contributed by atoms with Crippen molar-refractivity contribution in [3.05, 3.63) is 219 Å². The van der Waals surface area contributed by atoms with Crippen LogP contribution in [-0.2, 0) is 55.8 Å². The van der Waals surface area contributed by atoms with Gasteiger partial charge in [-0.25, -0.2) is 9.13 Å².